The Kier molecular flexibility index (Phi) is 8.79. The van der Waals surface area contributed by atoms with Crippen molar-refractivity contribution in [3.05, 3.63) is 28.7 Å². The molecule has 0 aromatic heterocycles. The van der Waals surface area contributed by atoms with Crippen molar-refractivity contribution in [2.75, 3.05) is 27.3 Å². The van der Waals surface area contributed by atoms with Crippen LogP contribution < -0.4 is 14.8 Å². The SMILES string of the molecule is CCCCNC(=O)CCCN1C(=O)C(=Cc2ccc(OC)c(OC)c2)SC1=S. The number of benzene rings is 1. The van der Waals surface area contributed by atoms with E-state index in [1.807, 2.05) is 12.1 Å². The number of methoxy groups -OCH3 is 2. The number of thioether (sulfide) groups is 1. The third kappa shape index (κ3) is 5.97. The van der Waals surface area contributed by atoms with Gasteiger partial charge in [0.15, 0.2) is 11.5 Å². The molecular formula is C20H26N2O4S2. The predicted molar refractivity (Wildman–Crippen MR) is 117 cm³/mol. The Morgan fingerprint density at radius 2 is 2.00 bits per heavy atom. The first-order chi connectivity index (χ1) is 13.5. The minimum atomic E-state index is -0.129. The van der Waals surface area contributed by atoms with Crippen molar-refractivity contribution in [3.8, 4) is 11.5 Å². The molecule has 1 N–H and O–H groups in total. The van der Waals surface area contributed by atoms with Crippen LogP contribution in [0.3, 0.4) is 0 Å². The molecule has 28 heavy (non-hydrogen) atoms. The lowest BCUT2D eigenvalue weighted by Gasteiger charge is -2.14. The number of carbonyl (C=O) groups excluding carboxylic acids is 2. The van der Waals surface area contributed by atoms with Crippen molar-refractivity contribution < 1.29 is 19.1 Å². The van der Waals surface area contributed by atoms with Crippen LogP contribution in [0.4, 0.5) is 0 Å². The summed E-state index contributed by atoms with van der Waals surface area (Å²) in [4.78, 5) is 26.6. The van der Waals surface area contributed by atoms with Gasteiger partial charge < -0.3 is 14.8 Å². The molecule has 0 bridgehead atoms. The Morgan fingerprint density at radius 3 is 2.68 bits per heavy atom. The van der Waals surface area contributed by atoms with E-state index in [0.29, 0.717) is 46.7 Å². The summed E-state index contributed by atoms with van der Waals surface area (Å²) < 4.78 is 11.0. The van der Waals surface area contributed by atoms with Crippen molar-refractivity contribution >= 4 is 46.2 Å². The smallest absolute Gasteiger partial charge is 0.266 e. The highest BCUT2D eigenvalue weighted by Gasteiger charge is 2.31. The second-order valence-corrected chi connectivity index (χ2v) is 7.93. The predicted octanol–water partition coefficient (Wildman–Crippen LogP) is 3.60. The van der Waals surface area contributed by atoms with Gasteiger partial charge >= 0.3 is 0 Å². The molecule has 1 aromatic rings. The highest BCUT2D eigenvalue weighted by Crippen LogP contribution is 2.34. The van der Waals surface area contributed by atoms with Gasteiger partial charge in [0.25, 0.3) is 5.91 Å². The van der Waals surface area contributed by atoms with Gasteiger partial charge in [-0.2, -0.15) is 0 Å². The zero-order valence-electron chi connectivity index (χ0n) is 16.4. The number of ether oxygens (including phenoxy) is 2. The van der Waals surface area contributed by atoms with Gasteiger partial charge in [-0.25, -0.2) is 0 Å². The molecule has 0 atom stereocenters. The molecule has 152 valence electrons. The van der Waals surface area contributed by atoms with Gasteiger partial charge in [0.05, 0.1) is 19.1 Å². The number of thiocarbonyl (C=S) groups is 1. The number of nitrogens with zero attached hydrogens (tertiary/aromatic N) is 1. The van der Waals surface area contributed by atoms with Crippen molar-refractivity contribution in [2.45, 2.75) is 32.6 Å². The minimum absolute atomic E-state index is 0.0137. The fourth-order valence-corrected chi connectivity index (χ4v) is 3.99. The average molecular weight is 423 g/mol. The summed E-state index contributed by atoms with van der Waals surface area (Å²) in [6, 6.07) is 5.46. The van der Waals surface area contributed by atoms with Crippen LogP contribution in [0.25, 0.3) is 6.08 Å². The Balaban J connectivity index is 1.95. The molecule has 1 aliphatic heterocycles. The van der Waals surface area contributed by atoms with E-state index in [0.717, 1.165) is 18.4 Å². The van der Waals surface area contributed by atoms with Gasteiger partial charge in [0, 0.05) is 19.5 Å². The first-order valence-electron chi connectivity index (χ1n) is 9.24. The van der Waals surface area contributed by atoms with E-state index in [1.165, 1.54) is 11.8 Å². The lowest BCUT2D eigenvalue weighted by molar-refractivity contribution is -0.124. The molecule has 0 saturated carbocycles. The second-order valence-electron chi connectivity index (χ2n) is 6.25. The first-order valence-corrected chi connectivity index (χ1v) is 10.5. The van der Waals surface area contributed by atoms with Crippen LogP contribution in [-0.4, -0.2) is 48.3 Å². The molecule has 0 radical (unpaired) electrons. The zero-order valence-corrected chi connectivity index (χ0v) is 18.1. The highest BCUT2D eigenvalue weighted by atomic mass is 32.2. The molecule has 0 unspecified atom stereocenters. The summed E-state index contributed by atoms with van der Waals surface area (Å²) >= 11 is 6.62. The summed E-state index contributed by atoms with van der Waals surface area (Å²) in [6.07, 6.45) is 4.77. The Morgan fingerprint density at radius 1 is 1.25 bits per heavy atom. The van der Waals surface area contributed by atoms with Crippen molar-refractivity contribution in [1.82, 2.24) is 10.2 Å². The molecule has 8 heteroatoms. The maximum Gasteiger partial charge on any atom is 0.266 e. The van der Waals surface area contributed by atoms with E-state index in [-0.39, 0.29) is 11.8 Å². The topological polar surface area (TPSA) is 67.9 Å². The summed E-state index contributed by atoms with van der Waals surface area (Å²) in [5.74, 6) is 1.11. The molecule has 6 nitrogen and oxygen atoms in total. The molecule has 1 saturated heterocycles. The molecule has 0 aliphatic carbocycles. The van der Waals surface area contributed by atoms with E-state index in [1.54, 1.807) is 31.3 Å². The lowest BCUT2D eigenvalue weighted by Crippen LogP contribution is -2.30. The number of nitrogens with one attached hydrogen (secondary N) is 1. The third-order valence-electron chi connectivity index (χ3n) is 4.22. The van der Waals surface area contributed by atoms with E-state index in [4.69, 9.17) is 21.7 Å². The van der Waals surface area contributed by atoms with Gasteiger partial charge in [-0.1, -0.05) is 43.4 Å². The van der Waals surface area contributed by atoms with Gasteiger partial charge in [0.2, 0.25) is 5.91 Å². The zero-order chi connectivity index (χ0) is 20.5. The molecule has 0 spiro atoms. The largest absolute Gasteiger partial charge is 0.493 e. The number of unbranched alkanes of at least 4 members (excludes halogenated alkanes) is 1. The molecule has 2 rings (SSSR count). The number of carbonyl (C=O) groups is 2. The summed E-state index contributed by atoms with van der Waals surface area (Å²) in [5, 5.41) is 2.88. The second kappa shape index (κ2) is 11.1. The minimum Gasteiger partial charge on any atom is -0.493 e. The van der Waals surface area contributed by atoms with Gasteiger partial charge in [-0.15, -0.1) is 0 Å². The molecule has 1 heterocycles. The van der Waals surface area contributed by atoms with E-state index in [2.05, 4.69) is 12.2 Å². The van der Waals surface area contributed by atoms with E-state index >= 15 is 0 Å². The van der Waals surface area contributed by atoms with E-state index in [9.17, 15) is 9.59 Å². The number of rotatable bonds is 10. The summed E-state index contributed by atoms with van der Waals surface area (Å²) in [6.45, 7) is 3.22. The average Bonchev–Trinajstić information content (AvgIpc) is 2.95. The normalized spacial score (nSPS) is 15.2. The van der Waals surface area contributed by atoms with Crippen LogP contribution in [0.5, 0.6) is 11.5 Å². The molecular weight excluding hydrogens is 396 g/mol. The van der Waals surface area contributed by atoms with Crippen LogP contribution >= 0.6 is 24.0 Å². The lowest BCUT2D eigenvalue weighted by atomic mass is 10.2. The standard InChI is InChI=1S/C20H26N2O4S2/c1-4-5-10-21-18(23)7-6-11-22-19(24)17(28-20(22)27)13-14-8-9-15(25-2)16(12-14)26-3/h8-9,12-13H,4-7,10-11H2,1-3H3,(H,21,23). The van der Waals surface area contributed by atoms with Crippen LogP contribution in [0, 0.1) is 0 Å². The summed E-state index contributed by atoms with van der Waals surface area (Å²) in [7, 11) is 3.15. The van der Waals surface area contributed by atoms with Crippen LogP contribution in [0.1, 0.15) is 38.2 Å². The van der Waals surface area contributed by atoms with Gasteiger partial charge in [-0.3, -0.25) is 14.5 Å². The van der Waals surface area contributed by atoms with E-state index < -0.39 is 0 Å². The molecule has 1 aromatic carbocycles. The van der Waals surface area contributed by atoms with Gasteiger partial charge in [-0.05, 0) is 36.6 Å². The third-order valence-corrected chi connectivity index (χ3v) is 5.59. The number of hydrogen-bond acceptors (Lipinski definition) is 6. The molecule has 2 amide bonds. The maximum absolute atomic E-state index is 12.7. The Hall–Kier alpha value is -2.06. The monoisotopic (exact) mass is 422 g/mol. The fraction of sp³-hybridized carbons (Fsp3) is 0.450. The van der Waals surface area contributed by atoms with Crippen LogP contribution in [-0.2, 0) is 9.59 Å². The Labute approximate surface area is 175 Å². The first kappa shape index (κ1) is 22.2. The quantitative estimate of drug-likeness (QED) is 0.353. The van der Waals surface area contributed by atoms with Gasteiger partial charge in [0.1, 0.15) is 4.32 Å². The van der Waals surface area contributed by atoms with Crippen LogP contribution in [0.2, 0.25) is 0 Å². The molecule has 1 fully saturated rings. The molecule has 1 aliphatic rings. The van der Waals surface area contributed by atoms with Crippen molar-refractivity contribution in [1.29, 1.82) is 0 Å². The number of amides is 2. The van der Waals surface area contributed by atoms with Crippen molar-refractivity contribution in [2.24, 2.45) is 0 Å². The summed E-state index contributed by atoms with van der Waals surface area (Å²) in [5.41, 5.74) is 0.827. The van der Waals surface area contributed by atoms with Crippen molar-refractivity contribution in [3.63, 3.8) is 0 Å². The Bertz CT molecular complexity index is 765. The number of hydrogen-bond donors (Lipinski definition) is 1. The highest BCUT2D eigenvalue weighted by molar-refractivity contribution is 8.26. The maximum atomic E-state index is 12.7. The fourth-order valence-electron chi connectivity index (χ4n) is 2.68. The van der Waals surface area contributed by atoms with Crippen LogP contribution in [0.15, 0.2) is 23.1 Å².